The summed E-state index contributed by atoms with van der Waals surface area (Å²) < 4.78 is 4.89. The van der Waals surface area contributed by atoms with Crippen LogP contribution in [0.1, 0.15) is 54.9 Å². The van der Waals surface area contributed by atoms with E-state index in [9.17, 15) is 9.59 Å². The first-order chi connectivity index (χ1) is 19.1. The normalized spacial score (nSPS) is 8.56. The fourth-order valence-electron chi connectivity index (χ4n) is 1.71. The Labute approximate surface area is 266 Å². The highest BCUT2D eigenvalue weighted by Crippen LogP contribution is 1.84. The molecule has 0 aromatic heterocycles. The number of urea groups is 1. The van der Waals surface area contributed by atoms with E-state index >= 15 is 0 Å². The SMILES string of the molecule is C.CC(=O)[OH2+].CCN=C=NCCC[NH+](C)C.CCNC(=NCCC[NH+](C)C)OC(C)=O.CN.CNC(C)=O.NC(N)=O.[Cl-]. The Kier molecular flexibility index (Phi) is 70.8. The summed E-state index contributed by atoms with van der Waals surface area (Å²) in [5.41, 5.74) is 13.0. The number of carbonyl (C=O) groups excluding carboxylic acids is 4. The van der Waals surface area contributed by atoms with Gasteiger partial charge in [-0.25, -0.2) is 19.8 Å². The van der Waals surface area contributed by atoms with Crippen molar-refractivity contribution in [1.29, 1.82) is 0 Å². The maximum absolute atomic E-state index is 10.7. The summed E-state index contributed by atoms with van der Waals surface area (Å²) in [6.45, 7) is 13.2. The summed E-state index contributed by atoms with van der Waals surface area (Å²) in [6.07, 6.45) is 2.10. The molecule has 16 nitrogen and oxygen atoms in total. The van der Waals surface area contributed by atoms with Gasteiger partial charge in [0.25, 0.3) is 6.02 Å². The topological polar surface area (TPSA) is 248 Å². The van der Waals surface area contributed by atoms with Crippen molar-refractivity contribution >= 4 is 35.9 Å². The second kappa shape index (κ2) is 51.4. The van der Waals surface area contributed by atoms with Crippen molar-refractivity contribution < 1.29 is 51.2 Å². The minimum atomic E-state index is -0.833. The number of nitrogens with two attached hydrogens (primary N) is 3. The zero-order valence-corrected chi connectivity index (χ0v) is 28.4. The highest BCUT2D eigenvalue weighted by molar-refractivity contribution is 5.86. The maximum atomic E-state index is 10.7. The Morgan fingerprint density at radius 2 is 1.26 bits per heavy atom. The van der Waals surface area contributed by atoms with Crippen molar-refractivity contribution in [3.05, 3.63) is 0 Å². The van der Waals surface area contributed by atoms with Crippen molar-refractivity contribution in [2.24, 2.45) is 32.2 Å². The minimum Gasteiger partial charge on any atom is -1.00 e. The molecule has 0 saturated carbocycles. The summed E-state index contributed by atoms with van der Waals surface area (Å²) in [7, 11) is 11.6. The lowest BCUT2D eigenvalue weighted by molar-refractivity contribution is -0.858. The number of aliphatic imine (C=N–C) groups is 3. The van der Waals surface area contributed by atoms with E-state index in [0.29, 0.717) is 19.1 Å². The Morgan fingerprint density at radius 1 is 0.884 bits per heavy atom. The quantitative estimate of drug-likeness (QED) is 0.0397. The number of ether oxygens (including phenoxy) is 1. The second-order valence-corrected chi connectivity index (χ2v) is 8.15. The van der Waals surface area contributed by atoms with Gasteiger partial charge in [0.05, 0.1) is 60.8 Å². The van der Waals surface area contributed by atoms with Gasteiger partial charge >= 0.3 is 18.0 Å². The number of primary amides is 2. The van der Waals surface area contributed by atoms with Crippen molar-refractivity contribution in [2.45, 2.75) is 54.9 Å². The van der Waals surface area contributed by atoms with Gasteiger partial charge in [0.15, 0.2) is 0 Å². The highest BCUT2D eigenvalue weighted by Gasteiger charge is 2.01. The number of amidine groups is 1. The molecule has 0 atom stereocenters. The van der Waals surface area contributed by atoms with Gasteiger partial charge in [-0.3, -0.25) is 9.59 Å². The third kappa shape index (κ3) is 122. The van der Waals surface area contributed by atoms with Crippen LogP contribution in [-0.2, 0) is 19.1 Å². The molecule has 0 unspecified atom stereocenters. The zero-order chi connectivity index (χ0) is 33.6. The van der Waals surface area contributed by atoms with Crippen LogP contribution in [-0.4, -0.2) is 123 Å². The van der Waals surface area contributed by atoms with E-state index in [1.807, 2.05) is 13.8 Å². The minimum absolute atomic E-state index is 0. The smallest absolute Gasteiger partial charge is 0.512 e. The van der Waals surface area contributed by atoms with Gasteiger partial charge in [0, 0.05) is 58.2 Å². The van der Waals surface area contributed by atoms with E-state index in [-0.39, 0.29) is 31.7 Å². The molecule has 0 aliphatic heterocycles. The number of nitrogens with one attached hydrogen (secondary N) is 4. The van der Waals surface area contributed by atoms with Gasteiger partial charge in [-0.05, 0) is 20.9 Å². The molecule has 0 aromatic rings. The zero-order valence-electron chi connectivity index (χ0n) is 27.6. The number of quaternary nitrogens is 2. The molecule has 0 bridgehead atoms. The monoisotopic (exact) mass is 648 g/mol. The van der Waals surface area contributed by atoms with Gasteiger partial charge < -0.3 is 59.9 Å². The molecule has 0 spiro atoms. The molecule has 0 aromatic carbocycles. The van der Waals surface area contributed by atoms with Crippen LogP contribution in [0.25, 0.3) is 0 Å². The molecule has 0 rings (SSSR count). The largest absolute Gasteiger partial charge is 1.00 e. The third-order valence-corrected chi connectivity index (χ3v) is 3.26. The molecule has 0 saturated heterocycles. The lowest BCUT2D eigenvalue weighted by Crippen LogP contribution is -3.05. The Morgan fingerprint density at radius 3 is 1.53 bits per heavy atom. The van der Waals surface area contributed by atoms with Crippen LogP contribution < -0.4 is 50.0 Å². The van der Waals surface area contributed by atoms with E-state index in [1.54, 1.807) is 7.05 Å². The first-order valence-corrected chi connectivity index (χ1v) is 13.2. The third-order valence-electron chi connectivity index (χ3n) is 3.26. The number of amides is 3. The molecule has 0 aliphatic rings. The molecule has 0 aliphatic carbocycles. The molecule has 0 fully saturated rings. The number of hydrogen-bond acceptors (Lipinski definition) is 9. The summed E-state index contributed by atoms with van der Waals surface area (Å²) in [5.74, 6) is -0.919. The molecule has 43 heavy (non-hydrogen) atoms. The first-order valence-electron chi connectivity index (χ1n) is 13.2. The predicted molar refractivity (Wildman–Crippen MR) is 172 cm³/mol. The number of halogens is 1. The Bertz CT molecular complexity index is 699. The van der Waals surface area contributed by atoms with Gasteiger partial charge in [0.2, 0.25) is 5.91 Å². The van der Waals surface area contributed by atoms with Crippen LogP contribution >= 0.6 is 0 Å². The number of hydrogen-bond donors (Lipinski definition) is 7. The van der Waals surface area contributed by atoms with Gasteiger partial charge in [-0.2, -0.15) is 0 Å². The number of nitrogens with zero attached hydrogens (tertiary/aromatic N) is 3. The van der Waals surface area contributed by atoms with Crippen LogP contribution in [0.5, 0.6) is 0 Å². The molecule has 0 heterocycles. The molecule has 260 valence electrons. The molecular formula is C26H65ClN10O6+2. The molecule has 0 radical (unpaired) electrons. The van der Waals surface area contributed by atoms with Crippen molar-refractivity contribution in [3.8, 4) is 0 Å². The average Bonchev–Trinajstić information content (AvgIpc) is 2.85. The average molecular weight is 649 g/mol. The number of carbonyl (C=O) groups is 4. The van der Waals surface area contributed by atoms with Gasteiger partial charge in [-0.1, -0.05) is 7.43 Å². The summed E-state index contributed by atoms with van der Waals surface area (Å²) in [5, 5.41) is 11.2. The van der Waals surface area contributed by atoms with E-state index < -0.39 is 12.0 Å². The fraction of sp³-hybridized carbons (Fsp3) is 0.769. The van der Waals surface area contributed by atoms with E-state index in [0.717, 1.165) is 39.0 Å². The lowest BCUT2D eigenvalue weighted by Gasteiger charge is -2.07. The van der Waals surface area contributed by atoms with E-state index in [1.165, 1.54) is 37.6 Å². The van der Waals surface area contributed by atoms with Crippen LogP contribution in [0.15, 0.2) is 15.0 Å². The highest BCUT2D eigenvalue weighted by atomic mass is 35.5. The van der Waals surface area contributed by atoms with Gasteiger partial charge in [-0.15, -0.1) is 0 Å². The van der Waals surface area contributed by atoms with Crippen molar-refractivity contribution in [1.82, 2.24) is 10.6 Å². The Hall–Kier alpha value is -3.30. The number of esters is 1. The molecular weight excluding hydrogens is 584 g/mol. The lowest BCUT2D eigenvalue weighted by atomic mass is 10.4. The van der Waals surface area contributed by atoms with E-state index in [2.05, 4.69) is 77.0 Å². The molecule has 3 amide bonds. The van der Waals surface area contributed by atoms with Crippen molar-refractivity contribution in [3.63, 3.8) is 0 Å². The standard InChI is InChI=1S/C10H21N3O2.C8H17N3.C3H7NO.C2H4O2.CH4N2O.CH5N.CH4.ClH/c1-5-11-10(15-9(2)14)12-7-6-8-13(3)4;1-4-9-8-10-6-5-7-11(2)3;1-3(5)4-2;1-2(3)4;2-1(3)4;1-2;;/h5-8H2,1-4H3,(H,11,12);4-7H2,1-3H3;1-2H3,(H,4,5);1H3,(H,3,4);(H4,2,3,4);2H2,1H3;1H4;1H/p+2. The summed E-state index contributed by atoms with van der Waals surface area (Å²) in [6, 6.07) is 2.15. The van der Waals surface area contributed by atoms with Gasteiger partial charge in [0.1, 0.15) is 0 Å². The summed E-state index contributed by atoms with van der Waals surface area (Å²) >= 11 is 0. The van der Waals surface area contributed by atoms with Crippen LogP contribution in [0.2, 0.25) is 0 Å². The Balaban J connectivity index is -0.0000000639. The first kappa shape index (κ1) is 59.2. The fourth-order valence-corrected chi connectivity index (χ4v) is 1.71. The number of rotatable bonds is 10. The summed E-state index contributed by atoms with van der Waals surface area (Å²) in [4.78, 5) is 53.4. The second-order valence-electron chi connectivity index (χ2n) is 8.15. The van der Waals surface area contributed by atoms with Crippen LogP contribution in [0, 0.1) is 0 Å². The van der Waals surface area contributed by atoms with Crippen LogP contribution in [0.4, 0.5) is 4.79 Å². The molecule has 17 heteroatoms. The predicted octanol–water partition coefficient (Wildman–Crippen LogP) is -5.99. The maximum Gasteiger partial charge on any atom is 0.512 e. The molecule has 12 N–H and O–H groups in total. The van der Waals surface area contributed by atoms with Crippen LogP contribution in [0.3, 0.4) is 0 Å². The van der Waals surface area contributed by atoms with E-state index in [4.69, 9.17) is 19.4 Å². The van der Waals surface area contributed by atoms with Crippen molar-refractivity contribution in [2.75, 3.05) is 81.6 Å².